The quantitative estimate of drug-likeness (QED) is 0.286. The van der Waals surface area contributed by atoms with Gasteiger partial charge in [0.2, 0.25) is 10.0 Å². The maximum absolute atomic E-state index is 11.7. The average Bonchev–Trinajstić information content (AvgIpc) is 3.70. The van der Waals surface area contributed by atoms with Gasteiger partial charge in [0, 0.05) is 38.9 Å². The van der Waals surface area contributed by atoms with Crippen molar-refractivity contribution in [3.63, 3.8) is 0 Å². The van der Waals surface area contributed by atoms with E-state index in [0.29, 0.717) is 24.0 Å². The second-order valence-corrected chi connectivity index (χ2v) is 13.1. The second kappa shape index (κ2) is 12.8. The number of anilines is 2. The normalized spacial score (nSPS) is 16.5. The lowest BCUT2D eigenvalue weighted by Gasteiger charge is -2.32. The van der Waals surface area contributed by atoms with E-state index in [1.54, 1.807) is 24.5 Å². The number of likely N-dealkylation sites (tertiary alicyclic amines) is 1. The van der Waals surface area contributed by atoms with Gasteiger partial charge in [-0.3, -0.25) is 0 Å². The molecule has 1 saturated heterocycles. The lowest BCUT2D eigenvalue weighted by molar-refractivity contribution is 0.132. The minimum absolute atomic E-state index is 0.0111. The Kier molecular flexibility index (Phi) is 9.18. The van der Waals surface area contributed by atoms with E-state index in [1.165, 1.54) is 53.4 Å². The third-order valence-corrected chi connectivity index (χ3v) is 9.75. The van der Waals surface area contributed by atoms with Crippen LogP contribution < -0.4 is 20.5 Å². The number of hydrogen-bond acceptors (Lipinski definition) is 8. The number of nitrogens with one attached hydrogen (secondary N) is 2. The molecule has 5 rings (SSSR count). The van der Waals surface area contributed by atoms with Crippen LogP contribution in [0.25, 0.3) is 10.1 Å². The van der Waals surface area contributed by atoms with Crippen molar-refractivity contribution < 1.29 is 17.9 Å². The summed E-state index contributed by atoms with van der Waals surface area (Å²) in [6, 6.07) is 11.6. The van der Waals surface area contributed by atoms with Crippen molar-refractivity contribution in [3.8, 4) is 17.6 Å². The minimum Gasteiger partial charge on any atom is -0.495 e. The van der Waals surface area contributed by atoms with Crippen LogP contribution in [0.3, 0.4) is 0 Å². The molecule has 1 aliphatic heterocycles. The Morgan fingerprint density at radius 3 is 2.60 bits per heavy atom. The molecule has 2 heterocycles. The maximum Gasteiger partial charge on any atom is 0.238 e. The van der Waals surface area contributed by atoms with Crippen LogP contribution >= 0.6 is 11.3 Å². The first kappa shape index (κ1) is 28.7. The molecular weight excluding hydrogens is 544 g/mol. The fourth-order valence-electron chi connectivity index (χ4n) is 5.20. The summed E-state index contributed by atoms with van der Waals surface area (Å²) >= 11 is 1.78. The van der Waals surface area contributed by atoms with Gasteiger partial charge >= 0.3 is 0 Å². The fourth-order valence-corrected chi connectivity index (χ4v) is 6.91. The topological polar surface area (TPSA) is 106 Å². The largest absolute Gasteiger partial charge is 0.495 e. The molecule has 4 N–H and O–H groups in total. The zero-order chi connectivity index (χ0) is 28.1. The summed E-state index contributed by atoms with van der Waals surface area (Å²) in [5, 5.41) is 13.7. The van der Waals surface area contributed by atoms with E-state index >= 15 is 0 Å². The summed E-state index contributed by atoms with van der Waals surface area (Å²) in [4.78, 5) is 3.62. The van der Waals surface area contributed by atoms with Gasteiger partial charge in [-0.2, -0.15) is 0 Å². The van der Waals surface area contributed by atoms with Crippen LogP contribution in [0.5, 0.6) is 5.75 Å². The van der Waals surface area contributed by atoms with Crippen LogP contribution in [0.4, 0.5) is 11.4 Å². The highest BCUT2D eigenvalue weighted by atomic mass is 32.2. The summed E-state index contributed by atoms with van der Waals surface area (Å²) in [7, 11) is -0.543. The van der Waals surface area contributed by atoms with E-state index in [4.69, 9.17) is 14.6 Å². The molecule has 1 aliphatic carbocycles. The summed E-state index contributed by atoms with van der Waals surface area (Å²) in [6.07, 6.45) is 5.90. The van der Waals surface area contributed by atoms with Gasteiger partial charge in [-0.1, -0.05) is 24.0 Å². The van der Waals surface area contributed by atoms with Crippen LogP contribution in [0.15, 0.2) is 41.3 Å². The van der Waals surface area contributed by atoms with E-state index in [0.717, 1.165) is 56.3 Å². The van der Waals surface area contributed by atoms with Gasteiger partial charge in [-0.15, -0.1) is 11.3 Å². The van der Waals surface area contributed by atoms with Crippen molar-refractivity contribution in [2.24, 2.45) is 11.1 Å². The molecule has 0 amide bonds. The summed E-state index contributed by atoms with van der Waals surface area (Å²) in [5.74, 6) is 7.88. The van der Waals surface area contributed by atoms with Crippen molar-refractivity contribution in [3.05, 3.63) is 46.8 Å². The number of piperidine rings is 1. The van der Waals surface area contributed by atoms with Crippen molar-refractivity contribution in [2.75, 3.05) is 57.6 Å². The van der Waals surface area contributed by atoms with E-state index < -0.39 is 10.0 Å². The van der Waals surface area contributed by atoms with Crippen molar-refractivity contribution in [1.29, 1.82) is 0 Å². The summed E-state index contributed by atoms with van der Waals surface area (Å²) in [5.41, 5.74) is 3.24. The Balaban J connectivity index is 1.31. The lowest BCUT2D eigenvalue weighted by Crippen LogP contribution is -2.40. The maximum atomic E-state index is 11.7. The van der Waals surface area contributed by atoms with Crippen LogP contribution in [0.2, 0.25) is 0 Å². The van der Waals surface area contributed by atoms with Gasteiger partial charge in [0.1, 0.15) is 5.75 Å². The number of rotatable bonds is 11. The number of nitrogens with two attached hydrogens (primary N) is 1. The molecule has 2 fully saturated rings. The molecule has 8 nitrogen and oxygen atoms in total. The Morgan fingerprint density at radius 2 is 1.90 bits per heavy atom. The Hall–Kier alpha value is -2.81. The Morgan fingerprint density at radius 1 is 1.10 bits per heavy atom. The van der Waals surface area contributed by atoms with Crippen molar-refractivity contribution in [1.82, 2.24) is 4.90 Å². The van der Waals surface area contributed by atoms with Crippen molar-refractivity contribution >= 4 is 42.8 Å². The highest BCUT2D eigenvalue weighted by Gasteiger charge is 2.26. The zero-order valence-electron chi connectivity index (χ0n) is 23.2. The molecule has 2 aromatic carbocycles. The summed E-state index contributed by atoms with van der Waals surface area (Å²) < 4.78 is 35.2. The number of thiophene rings is 1. The molecule has 0 atom stereocenters. The molecule has 40 heavy (non-hydrogen) atoms. The predicted molar refractivity (Wildman–Crippen MR) is 163 cm³/mol. The minimum atomic E-state index is -3.80. The van der Waals surface area contributed by atoms with E-state index in [-0.39, 0.29) is 4.90 Å². The highest BCUT2D eigenvalue weighted by Crippen LogP contribution is 2.41. The smallest absolute Gasteiger partial charge is 0.238 e. The van der Waals surface area contributed by atoms with Gasteiger partial charge in [0.05, 0.1) is 46.1 Å². The molecule has 0 radical (unpaired) electrons. The van der Waals surface area contributed by atoms with Crippen molar-refractivity contribution in [2.45, 2.75) is 43.0 Å². The Labute approximate surface area is 241 Å². The molecule has 0 unspecified atom stereocenters. The number of sulfonamides is 1. The molecular formula is C30H38N4O4S2. The standard InChI is InChI=1S/C30H38N4O4S2/c1-37-18-17-34-15-12-22(13-16-34)33-27-6-3-5-24-25(19-21-8-9-21)29(39-30(24)27)7-4-14-32-26-11-10-23(40(31,35)36)20-28(26)38-2/h3,5-6,10-11,20-22,32-33H,8-9,12-19H2,1-2H3,(H2,31,35,36). The van der Waals surface area contributed by atoms with Gasteiger partial charge in [-0.05, 0) is 67.2 Å². The first-order valence-electron chi connectivity index (χ1n) is 13.8. The number of ether oxygens (including phenoxy) is 2. The number of hydrogen-bond donors (Lipinski definition) is 3. The average molecular weight is 583 g/mol. The van der Waals surface area contributed by atoms with Crippen LogP contribution in [-0.2, 0) is 21.2 Å². The number of fused-ring (bicyclic) bond motifs is 1. The van der Waals surface area contributed by atoms with Gasteiger partial charge in [0.15, 0.2) is 0 Å². The number of methoxy groups -OCH3 is 2. The van der Waals surface area contributed by atoms with E-state index in [2.05, 4.69) is 45.6 Å². The van der Waals surface area contributed by atoms with Gasteiger partial charge < -0.3 is 25.0 Å². The molecule has 1 aromatic heterocycles. The summed E-state index contributed by atoms with van der Waals surface area (Å²) in [6.45, 7) is 4.36. The third kappa shape index (κ3) is 7.09. The molecule has 214 valence electrons. The number of primary sulfonamides is 1. The second-order valence-electron chi connectivity index (χ2n) is 10.6. The van der Waals surface area contributed by atoms with Crippen LogP contribution in [0.1, 0.15) is 36.1 Å². The molecule has 3 aromatic rings. The molecule has 0 bridgehead atoms. The molecule has 2 aliphatic rings. The predicted octanol–water partition coefficient (Wildman–Crippen LogP) is 4.50. The monoisotopic (exact) mass is 582 g/mol. The van der Waals surface area contributed by atoms with E-state index in [9.17, 15) is 8.42 Å². The van der Waals surface area contributed by atoms with Gasteiger partial charge in [0.25, 0.3) is 0 Å². The van der Waals surface area contributed by atoms with E-state index in [1.807, 2.05) is 0 Å². The first-order valence-corrected chi connectivity index (χ1v) is 16.2. The zero-order valence-corrected chi connectivity index (χ0v) is 24.8. The SMILES string of the molecule is COCCN1CCC(Nc2cccc3c(CC4CC4)c(C#CCNc4ccc(S(N)(=O)=O)cc4OC)sc23)CC1. The third-order valence-electron chi connectivity index (χ3n) is 7.64. The molecule has 1 saturated carbocycles. The number of nitrogens with zero attached hydrogens (tertiary/aromatic N) is 1. The molecule has 0 spiro atoms. The highest BCUT2D eigenvalue weighted by molar-refractivity contribution is 7.89. The van der Waals surface area contributed by atoms with Crippen LogP contribution in [0, 0.1) is 17.8 Å². The lowest BCUT2D eigenvalue weighted by atomic mass is 10.0. The van der Waals surface area contributed by atoms with Gasteiger partial charge in [-0.25, -0.2) is 13.6 Å². The fraction of sp³-hybridized carbons (Fsp3) is 0.467. The van der Waals surface area contributed by atoms with Crippen LogP contribution in [-0.4, -0.2) is 66.4 Å². The Bertz CT molecular complexity index is 1500. The first-order chi connectivity index (χ1) is 19.4. The molecule has 10 heteroatoms. The number of benzene rings is 2.